The summed E-state index contributed by atoms with van der Waals surface area (Å²) in [6.07, 6.45) is -41.2. The lowest BCUT2D eigenvalue weighted by atomic mass is 9.94. The molecule has 5 rings (SSSR count). The molecule has 0 saturated carbocycles. The van der Waals surface area contributed by atoms with E-state index in [1.165, 1.54) is 20.8 Å². The van der Waals surface area contributed by atoms with Gasteiger partial charge >= 0.3 is 5.97 Å². The third-order valence-corrected chi connectivity index (χ3v) is 10.9. The van der Waals surface area contributed by atoms with Crippen LogP contribution in [0.25, 0.3) is 0 Å². The molecule has 0 aromatic carbocycles. The Morgan fingerprint density at radius 2 is 0.949 bits per heavy atom. The van der Waals surface area contributed by atoms with Crippen molar-refractivity contribution in [1.29, 1.82) is 0 Å². The van der Waals surface area contributed by atoms with Crippen molar-refractivity contribution < 1.29 is 118 Å². The molecule has 5 fully saturated rings. The van der Waals surface area contributed by atoms with E-state index in [0.717, 1.165) is 13.8 Å². The van der Waals surface area contributed by atoms with Crippen LogP contribution in [0, 0.1) is 0 Å². The topological polar surface area (TPSA) is 381 Å². The van der Waals surface area contributed by atoms with Gasteiger partial charge in [-0.1, -0.05) is 0 Å². The van der Waals surface area contributed by atoms with Crippen molar-refractivity contribution in [2.24, 2.45) is 0 Å². The first kappa shape index (κ1) is 48.1. The van der Waals surface area contributed by atoms with E-state index in [9.17, 15) is 70.9 Å². The Morgan fingerprint density at radius 1 is 0.475 bits per heavy atom. The minimum atomic E-state index is -2.02. The van der Waals surface area contributed by atoms with E-state index in [4.69, 9.17) is 47.4 Å². The van der Waals surface area contributed by atoms with Crippen molar-refractivity contribution in [3.63, 3.8) is 0 Å². The number of carbonyl (C=O) groups excluding carboxylic acids is 2. The average Bonchev–Trinajstić information content (AvgIpc) is 3.18. The maximum atomic E-state index is 12.7. The quantitative estimate of drug-likeness (QED) is 0.0810. The van der Waals surface area contributed by atoms with Crippen molar-refractivity contribution in [3.05, 3.63) is 0 Å². The number of rotatable bonds is 12. The largest absolute Gasteiger partial charge is 0.454 e. The zero-order chi connectivity index (χ0) is 43.8. The van der Waals surface area contributed by atoms with Crippen LogP contribution in [0.15, 0.2) is 0 Å². The molecule has 25 heteroatoms. The van der Waals surface area contributed by atoms with Gasteiger partial charge in [0.1, 0.15) is 97.6 Å². The smallest absolute Gasteiger partial charge is 0.303 e. The zero-order valence-corrected chi connectivity index (χ0v) is 32.6. The van der Waals surface area contributed by atoms with Gasteiger partial charge in [0, 0.05) is 13.8 Å². The highest BCUT2D eigenvalue weighted by Crippen LogP contribution is 2.37. The van der Waals surface area contributed by atoms with Gasteiger partial charge in [0.2, 0.25) is 5.91 Å². The van der Waals surface area contributed by atoms with Crippen molar-refractivity contribution >= 4 is 11.9 Å². The van der Waals surface area contributed by atoms with E-state index in [-0.39, 0.29) is 0 Å². The van der Waals surface area contributed by atoms with Crippen LogP contribution >= 0.6 is 0 Å². The molecule has 0 bridgehead atoms. The van der Waals surface area contributed by atoms with Crippen LogP contribution in [-0.2, 0) is 57.0 Å². The van der Waals surface area contributed by atoms with Gasteiger partial charge in [-0.15, -0.1) is 0 Å². The lowest BCUT2D eigenvalue weighted by molar-refractivity contribution is -0.403. The molecule has 0 aromatic rings. The Morgan fingerprint density at radius 3 is 1.53 bits per heavy atom. The number of hydrogen-bond acceptors (Lipinski definition) is 24. The summed E-state index contributed by atoms with van der Waals surface area (Å²) in [5.41, 5.74) is 0. The van der Waals surface area contributed by atoms with Crippen LogP contribution < -0.4 is 5.32 Å². The van der Waals surface area contributed by atoms with E-state index in [0.29, 0.717) is 0 Å². The van der Waals surface area contributed by atoms with E-state index >= 15 is 0 Å². The summed E-state index contributed by atoms with van der Waals surface area (Å²) < 4.78 is 57.8. The Hall–Kier alpha value is -1.90. The molecule has 5 saturated heterocycles. The first-order valence-electron chi connectivity index (χ1n) is 19.1. The summed E-state index contributed by atoms with van der Waals surface area (Å²) in [7, 11) is 0. The summed E-state index contributed by atoms with van der Waals surface area (Å²) in [5.74, 6) is -1.71. The van der Waals surface area contributed by atoms with Gasteiger partial charge < -0.3 is 114 Å². The molecule has 5 aliphatic heterocycles. The average molecular weight is 864 g/mol. The summed E-state index contributed by atoms with van der Waals surface area (Å²) in [6.45, 7) is 4.32. The normalized spacial score (nSPS) is 50.8. The molecule has 10 unspecified atom stereocenters. The molecule has 59 heavy (non-hydrogen) atoms. The van der Waals surface area contributed by atoms with E-state index in [2.05, 4.69) is 5.32 Å². The van der Waals surface area contributed by atoms with Crippen molar-refractivity contribution in [2.75, 3.05) is 13.2 Å². The van der Waals surface area contributed by atoms with Crippen LogP contribution in [0.1, 0.15) is 34.6 Å². The van der Waals surface area contributed by atoms with E-state index in [1.54, 1.807) is 0 Å². The lowest BCUT2D eigenvalue weighted by Gasteiger charge is -2.51. The van der Waals surface area contributed by atoms with Gasteiger partial charge in [-0.05, 0) is 20.8 Å². The Balaban J connectivity index is 1.55. The van der Waals surface area contributed by atoms with Crippen LogP contribution in [0.3, 0.4) is 0 Å². The van der Waals surface area contributed by atoms with Crippen molar-refractivity contribution in [1.82, 2.24) is 5.32 Å². The summed E-state index contributed by atoms with van der Waals surface area (Å²) >= 11 is 0. The number of carbonyl (C=O) groups is 2. The first-order chi connectivity index (χ1) is 27.7. The van der Waals surface area contributed by atoms with Gasteiger partial charge in [0.05, 0.1) is 31.5 Å². The van der Waals surface area contributed by atoms with Gasteiger partial charge in [0.25, 0.3) is 0 Å². The predicted molar refractivity (Wildman–Crippen MR) is 183 cm³/mol. The molecule has 342 valence electrons. The van der Waals surface area contributed by atoms with Gasteiger partial charge in [-0.3, -0.25) is 9.59 Å². The second kappa shape index (κ2) is 20.1. The molecule has 1 amide bonds. The maximum Gasteiger partial charge on any atom is 0.303 e. The highest BCUT2D eigenvalue weighted by molar-refractivity contribution is 5.73. The summed E-state index contributed by atoms with van der Waals surface area (Å²) in [6, 6.07) is -1.67. The minimum absolute atomic E-state index is 0.787. The molecule has 0 aromatic heterocycles. The van der Waals surface area contributed by atoms with Crippen LogP contribution in [0.4, 0.5) is 0 Å². The third kappa shape index (κ3) is 10.3. The van der Waals surface area contributed by atoms with E-state index in [1.807, 2.05) is 0 Å². The fourth-order valence-electron chi connectivity index (χ4n) is 7.52. The monoisotopic (exact) mass is 863 g/mol. The van der Waals surface area contributed by atoms with Crippen molar-refractivity contribution in [3.8, 4) is 0 Å². The number of ether oxygens (including phenoxy) is 10. The fraction of sp³-hybridized carbons (Fsp3) is 0.941. The highest BCUT2D eigenvalue weighted by Gasteiger charge is 2.57. The molecule has 0 aliphatic carbocycles. The minimum Gasteiger partial charge on any atom is -0.454 e. The molecule has 5 heterocycles. The molecule has 25 nitrogen and oxygen atoms in total. The molecule has 5 aliphatic rings. The molecular weight excluding hydrogens is 806 g/mol. The fourth-order valence-corrected chi connectivity index (χ4v) is 7.52. The van der Waals surface area contributed by atoms with Crippen LogP contribution in [-0.4, -0.2) is 240 Å². The van der Waals surface area contributed by atoms with Gasteiger partial charge in [-0.2, -0.15) is 0 Å². The second-order valence-electron chi connectivity index (χ2n) is 15.2. The van der Waals surface area contributed by atoms with Crippen molar-refractivity contribution in [2.45, 2.75) is 188 Å². The van der Waals surface area contributed by atoms with Crippen LogP contribution in [0.5, 0.6) is 0 Å². The maximum absolute atomic E-state index is 12.7. The number of hydrogen-bond donors (Lipinski definition) is 13. The number of amides is 1. The van der Waals surface area contributed by atoms with Crippen LogP contribution in [0.2, 0.25) is 0 Å². The Kier molecular flexibility index (Phi) is 16.4. The first-order valence-corrected chi connectivity index (χ1v) is 19.1. The third-order valence-electron chi connectivity index (χ3n) is 10.9. The summed E-state index contributed by atoms with van der Waals surface area (Å²) in [5, 5.41) is 131. The Labute approximate surface area is 336 Å². The zero-order valence-electron chi connectivity index (χ0n) is 32.6. The molecular formula is C34H57NO24. The lowest BCUT2D eigenvalue weighted by Crippen LogP contribution is -2.70. The molecule has 13 N–H and O–H groups in total. The molecule has 25 atom stereocenters. The number of esters is 1. The van der Waals surface area contributed by atoms with Gasteiger partial charge in [0.15, 0.2) is 37.6 Å². The number of aliphatic hydroxyl groups excluding tert-OH is 12. The molecule has 0 spiro atoms. The second-order valence-corrected chi connectivity index (χ2v) is 15.2. The number of nitrogens with one attached hydrogen (secondary N) is 1. The highest BCUT2D eigenvalue weighted by atomic mass is 16.8. The SMILES string of the molecule is CC(=O)N[C@@H]1C(O[C@@H]2OC(C)[C@H](O)[C@@H](O)C2OC(C)=O)[C@@H](O)C(CO)O[C@H]1OC1[C@H](OC2[C@H](O)OC(C)[C@H](O)[C@H]2O)OC(C)[C@H](O)[C@H]1O[C@H]1O[C@H](CO)[C@@H](O)C(O)C1O. The number of aliphatic hydroxyl groups is 12. The van der Waals surface area contributed by atoms with E-state index < -0.39 is 179 Å². The summed E-state index contributed by atoms with van der Waals surface area (Å²) in [4.78, 5) is 24.7. The standard InChI is InChI=1S/C34H57NO24/c1-8-16(40)22(46)27(30(49)50-8)58-34-29(26(18(42)10(3)52-34)57-32-24(48)21(45)19(43)13(6-36)55-32)59-31-15(35-11(4)38)25(20(44)14(7-37)54-31)56-33-28(53-12(5)39)23(47)17(41)9(2)51-33/h8-10,13-34,36-37,40-49H,6-7H2,1-5H3,(H,35,38)/t8?,9?,10?,13-,14?,15-,16+,17+,18+,19-,20+,21?,22-,23-,24?,25?,26-,27?,28?,29?,30-,31+,32-,33+,34+/m1/s1. The molecule has 0 radical (unpaired) electrons. The predicted octanol–water partition coefficient (Wildman–Crippen LogP) is -8.13. The Bertz CT molecular complexity index is 1380. The van der Waals surface area contributed by atoms with Gasteiger partial charge in [-0.25, -0.2) is 0 Å².